The van der Waals surface area contributed by atoms with Crippen molar-refractivity contribution in [2.24, 2.45) is 0 Å². The van der Waals surface area contributed by atoms with Crippen molar-refractivity contribution in [2.75, 3.05) is 6.61 Å². The molecule has 14 heavy (non-hydrogen) atoms. The highest BCUT2D eigenvalue weighted by molar-refractivity contribution is 5.87. The zero-order valence-electron chi connectivity index (χ0n) is 9.08. The molecule has 0 N–H and O–H groups in total. The van der Waals surface area contributed by atoms with Crippen LogP contribution in [0, 0.1) is 0 Å². The summed E-state index contributed by atoms with van der Waals surface area (Å²) in [5, 5.41) is 0. The van der Waals surface area contributed by atoms with Gasteiger partial charge in [0, 0.05) is 0 Å². The lowest BCUT2D eigenvalue weighted by molar-refractivity contribution is -0.138. The lowest BCUT2D eigenvalue weighted by Crippen LogP contribution is -2.09. The van der Waals surface area contributed by atoms with Crippen LogP contribution < -0.4 is 0 Å². The molecule has 3 nitrogen and oxygen atoms in total. The predicted octanol–water partition coefficient (Wildman–Crippen LogP) is 2.43. The van der Waals surface area contributed by atoms with Crippen molar-refractivity contribution < 1.29 is 14.3 Å². The van der Waals surface area contributed by atoms with Gasteiger partial charge < -0.3 is 9.47 Å². The first-order chi connectivity index (χ1) is 6.65. The molecular formula is C11H18O3. The normalized spacial score (nSPS) is 13.2. The molecule has 0 bridgehead atoms. The Labute approximate surface area is 85.4 Å². The van der Waals surface area contributed by atoms with E-state index in [1.54, 1.807) is 13.0 Å². The van der Waals surface area contributed by atoms with Gasteiger partial charge in [0.15, 0.2) is 0 Å². The van der Waals surface area contributed by atoms with Gasteiger partial charge in [-0.3, -0.25) is 0 Å². The van der Waals surface area contributed by atoms with Crippen LogP contribution in [0.5, 0.6) is 0 Å². The molecule has 0 aliphatic rings. The van der Waals surface area contributed by atoms with Gasteiger partial charge in [-0.2, -0.15) is 0 Å². The molecule has 80 valence electrons. The maximum atomic E-state index is 11.3. The number of esters is 1. The molecule has 1 atom stereocenters. The van der Waals surface area contributed by atoms with E-state index in [0.717, 1.165) is 0 Å². The average Bonchev–Trinajstić information content (AvgIpc) is 2.18. The van der Waals surface area contributed by atoms with Gasteiger partial charge in [-0.05, 0) is 20.3 Å². The molecule has 0 spiro atoms. The van der Waals surface area contributed by atoms with Gasteiger partial charge in [0.1, 0.15) is 6.10 Å². The minimum atomic E-state index is -0.314. The highest BCUT2D eigenvalue weighted by Crippen LogP contribution is 2.05. The number of carbonyl (C=O) groups excluding carboxylic acids is 1. The molecular weight excluding hydrogens is 180 g/mol. The first-order valence-corrected chi connectivity index (χ1v) is 4.79. The fraction of sp³-hybridized carbons (Fsp3) is 0.545. The Bertz CT molecular complexity index is 219. The molecule has 0 radical (unpaired) electrons. The van der Waals surface area contributed by atoms with Crippen molar-refractivity contribution in [3.63, 3.8) is 0 Å². The van der Waals surface area contributed by atoms with E-state index < -0.39 is 0 Å². The van der Waals surface area contributed by atoms with Crippen LogP contribution in [0.3, 0.4) is 0 Å². The van der Waals surface area contributed by atoms with Crippen LogP contribution in [0.4, 0.5) is 0 Å². The number of carbonyl (C=O) groups is 1. The summed E-state index contributed by atoms with van der Waals surface area (Å²) < 4.78 is 10.1. The topological polar surface area (TPSA) is 35.5 Å². The van der Waals surface area contributed by atoms with E-state index in [1.165, 1.54) is 6.26 Å². The minimum Gasteiger partial charge on any atom is -0.494 e. The quantitative estimate of drug-likeness (QED) is 0.284. The van der Waals surface area contributed by atoms with Gasteiger partial charge >= 0.3 is 5.97 Å². The summed E-state index contributed by atoms with van der Waals surface area (Å²) in [7, 11) is 0. The second kappa shape index (κ2) is 7.18. The summed E-state index contributed by atoms with van der Waals surface area (Å²) in [6.45, 7) is 9.46. The molecule has 1 unspecified atom stereocenters. The Morgan fingerprint density at radius 2 is 2.14 bits per heavy atom. The average molecular weight is 198 g/mol. The third-order valence-corrected chi connectivity index (χ3v) is 1.68. The first-order valence-electron chi connectivity index (χ1n) is 4.79. The fourth-order valence-corrected chi connectivity index (χ4v) is 0.745. The van der Waals surface area contributed by atoms with Crippen molar-refractivity contribution in [2.45, 2.75) is 33.3 Å². The zero-order valence-corrected chi connectivity index (χ0v) is 9.08. The summed E-state index contributed by atoms with van der Waals surface area (Å²) in [6.07, 6.45) is 3.62. The zero-order chi connectivity index (χ0) is 11.0. The van der Waals surface area contributed by atoms with Gasteiger partial charge in [0.05, 0.1) is 18.4 Å². The second-order valence-corrected chi connectivity index (χ2v) is 2.79. The Hall–Kier alpha value is -1.25. The molecule has 0 aromatic heterocycles. The Kier molecular flexibility index (Phi) is 6.54. The Morgan fingerprint density at radius 1 is 1.50 bits per heavy atom. The molecule has 0 saturated carbocycles. The predicted molar refractivity (Wildman–Crippen MR) is 55.8 cm³/mol. The van der Waals surface area contributed by atoms with Crippen molar-refractivity contribution in [1.82, 2.24) is 0 Å². The molecule has 0 aliphatic carbocycles. The van der Waals surface area contributed by atoms with Crippen LogP contribution >= 0.6 is 0 Å². The highest BCUT2D eigenvalue weighted by atomic mass is 16.5. The molecule has 0 aromatic rings. The number of hydrogen-bond acceptors (Lipinski definition) is 3. The minimum absolute atomic E-state index is 0.0917. The summed E-state index contributed by atoms with van der Waals surface area (Å²) in [5.41, 5.74) is 0.542. The third-order valence-electron chi connectivity index (χ3n) is 1.68. The Balaban J connectivity index is 4.24. The fourth-order valence-electron chi connectivity index (χ4n) is 0.745. The first kappa shape index (κ1) is 12.8. The third kappa shape index (κ3) is 4.70. The van der Waals surface area contributed by atoms with Crippen LogP contribution in [0.1, 0.15) is 27.2 Å². The van der Waals surface area contributed by atoms with E-state index in [4.69, 9.17) is 9.47 Å². The molecule has 0 aliphatic heterocycles. The van der Waals surface area contributed by atoms with E-state index in [2.05, 4.69) is 6.58 Å². The molecule has 0 rings (SSSR count). The standard InChI is InChI=1S/C11H18O3/c1-5-9(4)14-8-10(6-2)11(12)13-7-3/h5,8-9H,1,6-7H2,2-4H3. The molecule has 3 heteroatoms. The van der Waals surface area contributed by atoms with E-state index >= 15 is 0 Å². The van der Waals surface area contributed by atoms with E-state index in [1.807, 2.05) is 13.8 Å². The van der Waals surface area contributed by atoms with Crippen LogP contribution in [-0.4, -0.2) is 18.7 Å². The number of ether oxygens (including phenoxy) is 2. The van der Waals surface area contributed by atoms with Crippen molar-refractivity contribution in [3.05, 3.63) is 24.5 Å². The van der Waals surface area contributed by atoms with Crippen LogP contribution in [0.15, 0.2) is 24.5 Å². The molecule has 0 saturated heterocycles. The van der Waals surface area contributed by atoms with Crippen molar-refractivity contribution in [1.29, 1.82) is 0 Å². The van der Waals surface area contributed by atoms with E-state index in [-0.39, 0.29) is 12.1 Å². The largest absolute Gasteiger partial charge is 0.494 e. The van der Waals surface area contributed by atoms with Gasteiger partial charge in [-0.1, -0.05) is 19.6 Å². The van der Waals surface area contributed by atoms with E-state index in [0.29, 0.717) is 18.6 Å². The summed E-state index contributed by atoms with van der Waals surface area (Å²) in [5.74, 6) is -0.314. The lowest BCUT2D eigenvalue weighted by Gasteiger charge is -2.08. The summed E-state index contributed by atoms with van der Waals surface area (Å²) in [4.78, 5) is 11.3. The van der Waals surface area contributed by atoms with Crippen molar-refractivity contribution >= 4 is 5.97 Å². The van der Waals surface area contributed by atoms with Crippen molar-refractivity contribution in [3.8, 4) is 0 Å². The lowest BCUT2D eigenvalue weighted by atomic mass is 10.2. The van der Waals surface area contributed by atoms with Crippen LogP contribution in [0.25, 0.3) is 0 Å². The number of hydrogen-bond donors (Lipinski definition) is 0. The highest BCUT2D eigenvalue weighted by Gasteiger charge is 2.08. The summed E-state index contributed by atoms with van der Waals surface area (Å²) in [6, 6.07) is 0. The smallest absolute Gasteiger partial charge is 0.337 e. The van der Waals surface area contributed by atoms with E-state index in [9.17, 15) is 4.79 Å². The molecule has 0 amide bonds. The molecule has 0 aromatic carbocycles. The summed E-state index contributed by atoms with van der Waals surface area (Å²) >= 11 is 0. The molecule has 0 fully saturated rings. The second-order valence-electron chi connectivity index (χ2n) is 2.79. The van der Waals surface area contributed by atoms with Gasteiger partial charge in [-0.25, -0.2) is 4.79 Å². The Morgan fingerprint density at radius 3 is 2.57 bits per heavy atom. The SMILES string of the molecule is C=CC(C)OC=C(CC)C(=O)OCC. The van der Waals surface area contributed by atoms with Crippen LogP contribution in [-0.2, 0) is 14.3 Å². The monoisotopic (exact) mass is 198 g/mol. The van der Waals surface area contributed by atoms with Gasteiger partial charge in [-0.15, -0.1) is 0 Å². The van der Waals surface area contributed by atoms with Gasteiger partial charge in [0.25, 0.3) is 0 Å². The molecule has 0 heterocycles. The van der Waals surface area contributed by atoms with Gasteiger partial charge in [0.2, 0.25) is 0 Å². The van der Waals surface area contributed by atoms with Crippen LogP contribution in [0.2, 0.25) is 0 Å². The maximum absolute atomic E-state index is 11.3. The number of rotatable bonds is 6. The maximum Gasteiger partial charge on any atom is 0.337 e.